The number of ether oxygens (including phenoxy) is 1. The van der Waals surface area contributed by atoms with Crippen molar-refractivity contribution in [1.29, 1.82) is 0 Å². The Morgan fingerprint density at radius 2 is 2.03 bits per heavy atom. The SMILES string of the molecule is COCCN1C(=O)C[C@@](CC(=O)N2CCC[C@H](C(=O)c3nccn3C)C2)(c2ccccc2F)C1=O. The molecule has 35 heavy (non-hydrogen) atoms. The number of amides is 3. The highest BCUT2D eigenvalue weighted by Crippen LogP contribution is 2.41. The van der Waals surface area contributed by atoms with E-state index in [-0.39, 0.29) is 49.8 Å². The zero-order chi connectivity index (χ0) is 25.2. The van der Waals surface area contributed by atoms with Gasteiger partial charge < -0.3 is 14.2 Å². The summed E-state index contributed by atoms with van der Waals surface area (Å²) in [6.07, 6.45) is 3.82. The van der Waals surface area contributed by atoms with Gasteiger partial charge in [-0.3, -0.25) is 24.1 Å². The summed E-state index contributed by atoms with van der Waals surface area (Å²) in [5.41, 5.74) is -1.60. The minimum absolute atomic E-state index is 0.0303. The van der Waals surface area contributed by atoms with Gasteiger partial charge in [-0.25, -0.2) is 9.37 Å². The number of benzene rings is 1. The lowest BCUT2D eigenvalue weighted by molar-refractivity contribution is -0.143. The third kappa shape index (κ3) is 4.62. The van der Waals surface area contributed by atoms with Crippen molar-refractivity contribution >= 4 is 23.5 Å². The monoisotopic (exact) mass is 484 g/mol. The average Bonchev–Trinajstić information content (AvgIpc) is 3.38. The van der Waals surface area contributed by atoms with Gasteiger partial charge in [0.15, 0.2) is 5.82 Å². The number of halogens is 1. The second kappa shape index (κ2) is 10.1. The molecule has 3 amide bonds. The quantitative estimate of drug-likeness (QED) is 0.418. The number of rotatable bonds is 8. The van der Waals surface area contributed by atoms with E-state index in [1.807, 2.05) is 0 Å². The van der Waals surface area contributed by atoms with Gasteiger partial charge in [-0.2, -0.15) is 0 Å². The fourth-order valence-electron chi connectivity index (χ4n) is 5.08. The van der Waals surface area contributed by atoms with E-state index in [0.717, 1.165) is 4.90 Å². The number of methoxy groups -OCH3 is 1. The Labute approximate surface area is 202 Å². The molecule has 1 aromatic carbocycles. The summed E-state index contributed by atoms with van der Waals surface area (Å²) in [5, 5.41) is 0. The number of aryl methyl sites for hydroxylation is 1. The van der Waals surface area contributed by atoms with Crippen LogP contribution in [0.3, 0.4) is 0 Å². The molecule has 0 spiro atoms. The van der Waals surface area contributed by atoms with E-state index in [2.05, 4.69) is 4.98 Å². The Morgan fingerprint density at radius 1 is 1.26 bits per heavy atom. The highest BCUT2D eigenvalue weighted by molar-refractivity contribution is 6.10. The van der Waals surface area contributed by atoms with Gasteiger partial charge in [0.25, 0.3) is 0 Å². The molecular weight excluding hydrogens is 455 g/mol. The topological polar surface area (TPSA) is 102 Å². The van der Waals surface area contributed by atoms with Gasteiger partial charge >= 0.3 is 0 Å². The highest BCUT2D eigenvalue weighted by atomic mass is 19.1. The number of carbonyl (C=O) groups is 4. The summed E-state index contributed by atoms with van der Waals surface area (Å²) >= 11 is 0. The van der Waals surface area contributed by atoms with Gasteiger partial charge in [-0.15, -0.1) is 0 Å². The lowest BCUT2D eigenvalue weighted by Gasteiger charge is -2.35. The third-order valence-electron chi connectivity index (χ3n) is 6.96. The standard InChI is InChI=1S/C25H29FN4O5/c1-28-11-9-27-23(28)22(33)17-6-5-10-29(16-17)20(31)14-25(18-7-3-4-8-19(18)26)15-21(32)30(24(25)34)12-13-35-2/h3-4,7-9,11,17H,5-6,10,12-16H2,1-2H3/t17-,25-/m0/s1. The van der Waals surface area contributed by atoms with Crippen molar-refractivity contribution in [3.63, 3.8) is 0 Å². The van der Waals surface area contributed by atoms with Crippen LogP contribution in [0.5, 0.6) is 0 Å². The molecule has 0 N–H and O–H groups in total. The van der Waals surface area contributed by atoms with Gasteiger partial charge in [-0.1, -0.05) is 18.2 Å². The first-order valence-electron chi connectivity index (χ1n) is 11.7. The van der Waals surface area contributed by atoms with E-state index in [1.54, 1.807) is 35.0 Å². The lowest BCUT2D eigenvalue weighted by atomic mass is 9.75. The lowest BCUT2D eigenvalue weighted by Crippen LogP contribution is -2.47. The predicted octanol–water partition coefficient (Wildman–Crippen LogP) is 1.71. The molecule has 9 nitrogen and oxygen atoms in total. The molecule has 1 aromatic heterocycles. The molecule has 186 valence electrons. The van der Waals surface area contributed by atoms with Gasteiger partial charge in [0.05, 0.1) is 18.6 Å². The van der Waals surface area contributed by atoms with Crippen LogP contribution >= 0.6 is 0 Å². The molecule has 3 heterocycles. The van der Waals surface area contributed by atoms with E-state index >= 15 is 0 Å². The highest BCUT2D eigenvalue weighted by Gasteiger charge is 2.55. The van der Waals surface area contributed by atoms with Crippen LogP contribution in [-0.2, 0) is 31.6 Å². The van der Waals surface area contributed by atoms with Gasteiger partial charge in [0.1, 0.15) is 5.82 Å². The van der Waals surface area contributed by atoms with E-state index < -0.39 is 29.0 Å². The first-order chi connectivity index (χ1) is 16.8. The zero-order valence-electron chi connectivity index (χ0n) is 19.9. The number of aromatic nitrogens is 2. The van der Waals surface area contributed by atoms with Crippen molar-refractivity contribution in [1.82, 2.24) is 19.4 Å². The second-order valence-corrected chi connectivity index (χ2v) is 9.16. The molecule has 2 aliphatic rings. The summed E-state index contributed by atoms with van der Waals surface area (Å²) in [4.78, 5) is 59.5. The minimum atomic E-state index is -1.64. The van der Waals surface area contributed by atoms with Crippen molar-refractivity contribution in [3.8, 4) is 0 Å². The van der Waals surface area contributed by atoms with Crippen LogP contribution < -0.4 is 0 Å². The van der Waals surface area contributed by atoms with Crippen LogP contribution in [0, 0.1) is 11.7 Å². The Morgan fingerprint density at radius 3 is 2.71 bits per heavy atom. The molecule has 0 unspecified atom stereocenters. The number of carbonyl (C=O) groups excluding carboxylic acids is 4. The zero-order valence-corrected chi connectivity index (χ0v) is 19.9. The smallest absolute Gasteiger partial charge is 0.241 e. The van der Waals surface area contributed by atoms with Gasteiger partial charge in [0, 0.05) is 64.0 Å². The summed E-state index contributed by atoms with van der Waals surface area (Å²) in [6.45, 7) is 0.782. The van der Waals surface area contributed by atoms with Crippen LogP contribution in [0.15, 0.2) is 36.7 Å². The maximum Gasteiger partial charge on any atom is 0.241 e. The molecule has 2 saturated heterocycles. The second-order valence-electron chi connectivity index (χ2n) is 9.16. The normalized spacial score (nSPS) is 22.7. The van der Waals surface area contributed by atoms with Crippen LogP contribution in [0.25, 0.3) is 0 Å². The molecule has 2 atom stereocenters. The van der Waals surface area contributed by atoms with Crippen LogP contribution in [-0.4, -0.2) is 76.2 Å². The summed E-state index contributed by atoms with van der Waals surface area (Å²) in [7, 11) is 3.19. The van der Waals surface area contributed by atoms with Gasteiger partial charge in [0.2, 0.25) is 23.5 Å². The van der Waals surface area contributed by atoms with E-state index in [1.165, 1.54) is 25.3 Å². The Bertz CT molecular complexity index is 1150. The number of likely N-dealkylation sites (tertiary alicyclic amines) is 2. The molecule has 0 radical (unpaired) electrons. The molecular formula is C25H29FN4O5. The van der Waals surface area contributed by atoms with Gasteiger partial charge in [-0.05, 0) is 18.9 Å². The number of ketones is 1. The third-order valence-corrected chi connectivity index (χ3v) is 6.96. The molecule has 0 saturated carbocycles. The molecule has 2 aliphatic heterocycles. The summed E-state index contributed by atoms with van der Waals surface area (Å²) < 4.78 is 21.6. The van der Waals surface area contributed by atoms with Crippen LogP contribution in [0.2, 0.25) is 0 Å². The number of hydrogen-bond acceptors (Lipinski definition) is 6. The predicted molar refractivity (Wildman–Crippen MR) is 123 cm³/mol. The number of hydrogen-bond donors (Lipinski definition) is 0. The fourth-order valence-corrected chi connectivity index (χ4v) is 5.08. The Balaban J connectivity index is 1.59. The molecule has 10 heteroatoms. The number of imide groups is 1. The average molecular weight is 485 g/mol. The summed E-state index contributed by atoms with van der Waals surface area (Å²) in [5.74, 6) is -2.33. The number of piperidine rings is 1. The number of Topliss-reactive ketones (excluding diaryl/α,β-unsaturated/α-hetero) is 1. The first-order valence-corrected chi connectivity index (χ1v) is 11.7. The van der Waals surface area contributed by atoms with Crippen LogP contribution in [0.4, 0.5) is 4.39 Å². The summed E-state index contributed by atoms with van der Waals surface area (Å²) in [6, 6.07) is 5.76. The molecule has 4 rings (SSSR count). The number of nitrogens with zero attached hydrogens (tertiary/aromatic N) is 4. The molecule has 2 fully saturated rings. The van der Waals surface area contributed by atoms with Crippen molar-refractivity contribution in [2.24, 2.45) is 13.0 Å². The first kappa shape index (κ1) is 24.7. The fraction of sp³-hybridized carbons (Fsp3) is 0.480. The minimum Gasteiger partial charge on any atom is -0.383 e. The molecule has 0 aliphatic carbocycles. The van der Waals surface area contributed by atoms with Crippen molar-refractivity contribution in [3.05, 3.63) is 53.9 Å². The largest absolute Gasteiger partial charge is 0.383 e. The Hall–Kier alpha value is -3.40. The maximum absolute atomic E-state index is 14.9. The maximum atomic E-state index is 14.9. The van der Waals surface area contributed by atoms with Crippen LogP contribution in [0.1, 0.15) is 41.9 Å². The van der Waals surface area contributed by atoms with E-state index in [9.17, 15) is 23.6 Å². The van der Waals surface area contributed by atoms with Crippen molar-refractivity contribution < 1.29 is 28.3 Å². The van der Waals surface area contributed by atoms with Crippen molar-refractivity contribution in [2.75, 3.05) is 33.4 Å². The molecule has 0 bridgehead atoms. The number of imidazole rings is 1. The Kier molecular flexibility index (Phi) is 7.11. The van der Waals surface area contributed by atoms with E-state index in [0.29, 0.717) is 25.2 Å². The van der Waals surface area contributed by atoms with E-state index in [4.69, 9.17) is 4.74 Å². The molecule has 2 aromatic rings. The van der Waals surface area contributed by atoms with Crippen molar-refractivity contribution in [2.45, 2.75) is 31.1 Å².